The SMILES string of the molecule is CCCC(C(N)=O)C1CCc2c(OC)ccc3cccc1c23. The summed E-state index contributed by atoms with van der Waals surface area (Å²) in [5.74, 6) is 0.926. The van der Waals surface area contributed by atoms with Gasteiger partial charge < -0.3 is 10.5 Å². The van der Waals surface area contributed by atoms with Crippen molar-refractivity contribution in [2.45, 2.75) is 38.5 Å². The highest BCUT2D eigenvalue weighted by molar-refractivity contribution is 5.93. The highest BCUT2D eigenvalue weighted by atomic mass is 16.5. The molecule has 22 heavy (non-hydrogen) atoms. The van der Waals surface area contributed by atoms with Gasteiger partial charge in [-0.1, -0.05) is 37.6 Å². The Morgan fingerprint density at radius 1 is 1.36 bits per heavy atom. The predicted molar refractivity (Wildman–Crippen MR) is 89.2 cm³/mol. The second-order valence-electron chi connectivity index (χ2n) is 6.13. The number of hydrogen-bond donors (Lipinski definition) is 1. The molecule has 116 valence electrons. The number of benzene rings is 2. The number of nitrogens with two attached hydrogens (primary N) is 1. The summed E-state index contributed by atoms with van der Waals surface area (Å²) >= 11 is 0. The van der Waals surface area contributed by atoms with E-state index in [0.717, 1.165) is 31.4 Å². The molecule has 0 spiro atoms. The minimum Gasteiger partial charge on any atom is -0.496 e. The van der Waals surface area contributed by atoms with Crippen molar-refractivity contribution >= 4 is 16.7 Å². The fraction of sp³-hybridized carbons (Fsp3) is 0.421. The lowest BCUT2D eigenvalue weighted by molar-refractivity contribution is -0.122. The van der Waals surface area contributed by atoms with E-state index in [4.69, 9.17) is 10.5 Å². The third kappa shape index (κ3) is 2.35. The summed E-state index contributed by atoms with van der Waals surface area (Å²) in [6.07, 6.45) is 3.73. The third-order valence-electron chi connectivity index (χ3n) is 4.92. The minimum atomic E-state index is -0.171. The van der Waals surface area contributed by atoms with Gasteiger partial charge in [0, 0.05) is 11.5 Å². The van der Waals surface area contributed by atoms with Crippen LogP contribution < -0.4 is 10.5 Å². The molecule has 2 atom stereocenters. The second-order valence-corrected chi connectivity index (χ2v) is 6.13. The van der Waals surface area contributed by atoms with Gasteiger partial charge in [-0.05, 0) is 47.6 Å². The number of primary amides is 1. The maximum Gasteiger partial charge on any atom is 0.221 e. The maximum absolute atomic E-state index is 11.9. The van der Waals surface area contributed by atoms with Crippen LogP contribution in [0, 0.1) is 5.92 Å². The molecule has 3 nitrogen and oxygen atoms in total. The van der Waals surface area contributed by atoms with Crippen molar-refractivity contribution in [1.82, 2.24) is 0 Å². The quantitative estimate of drug-likeness (QED) is 0.913. The molecular formula is C19H23NO2. The molecule has 0 fully saturated rings. The molecule has 0 aromatic heterocycles. The number of ether oxygens (including phenoxy) is 1. The molecule has 1 aliphatic rings. The lowest BCUT2D eigenvalue weighted by atomic mass is 9.73. The summed E-state index contributed by atoms with van der Waals surface area (Å²) < 4.78 is 5.53. The van der Waals surface area contributed by atoms with Gasteiger partial charge in [0.1, 0.15) is 5.75 Å². The Balaban J connectivity index is 2.17. The lowest BCUT2D eigenvalue weighted by Crippen LogP contribution is -2.30. The molecular weight excluding hydrogens is 274 g/mol. The molecule has 0 heterocycles. The van der Waals surface area contributed by atoms with Crippen LogP contribution in [-0.2, 0) is 11.2 Å². The zero-order valence-corrected chi connectivity index (χ0v) is 13.3. The van der Waals surface area contributed by atoms with Gasteiger partial charge in [-0.15, -0.1) is 0 Å². The Hall–Kier alpha value is -2.03. The van der Waals surface area contributed by atoms with Crippen LogP contribution in [0.15, 0.2) is 30.3 Å². The summed E-state index contributed by atoms with van der Waals surface area (Å²) in [7, 11) is 1.72. The smallest absolute Gasteiger partial charge is 0.221 e. The largest absolute Gasteiger partial charge is 0.496 e. The highest BCUT2D eigenvalue weighted by Gasteiger charge is 2.32. The van der Waals surface area contributed by atoms with E-state index in [1.807, 2.05) is 6.07 Å². The van der Waals surface area contributed by atoms with Crippen molar-refractivity contribution in [3.63, 3.8) is 0 Å². The molecule has 0 saturated heterocycles. The number of carbonyl (C=O) groups is 1. The van der Waals surface area contributed by atoms with Crippen molar-refractivity contribution in [3.8, 4) is 5.75 Å². The molecule has 2 aromatic rings. The van der Waals surface area contributed by atoms with Crippen LogP contribution in [0.5, 0.6) is 5.75 Å². The lowest BCUT2D eigenvalue weighted by Gasteiger charge is -2.31. The van der Waals surface area contributed by atoms with E-state index < -0.39 is 0 Å². The van der Waals surface area contributed by atoms with Crippen molar-refractivity contribution in [1.29, 1.82) is 0 Å². The molecule has 0 aliphatic heterocycles. The topological polar surface area (TPSA) is 52.3 Å². The molecule has 0 radical (unpaired) electrons. The summed E-state index contributed by atoms with van der Waals surface area (Å²) in [6, 6.07) is 10.5. The summed E-state index contributed by atoms with van der Waals surface area (Å²) in [5, 5.41) is 2.48. The van der Waals surface area contributed by atoms with E-state index >= 15 is 0 Å². The Morgan fingerprint density at radius 3 is 2.86 bits per heavy atom. The predicted octanol–water partition coefficient (Wildman–Crippen LogP) is 3.78. The summed E-state index contributed by atoms with van der Waals surface area (Å²) in [4.78, 5) is 11.9. The van der Waals surface area contributed by atoms with Crippen LogP contribution in [0.4, 0.5) is 0 Å². The van der Waals surface area contributed by atoms with Gasteiger partial charge in [-0.2, -0.15) is 0 Å². The van der Waals surface area contributed by atoms with Gasteiger partial charge in [0.25, 0.3) is 0 Å². The van der Waals surface area contributed by atoms with E-state index in [9.17, 15) is 4.79 Å². The van der Waals surface area contributed by atoms with Crippen LogP contribution >= 0.6 is 0 Å². The van der Waals surface area contributed by atoms with Gasteiger partial charge >= 0.3 is 0 Å². The molecule has 0 saturated carbocycles. The van der Waals surface area contributed by atoms with Crippen LogP contribution in [-0.4, -0.2) is 13.0 Å². The van der Waals surface area contributed by atoms with Crippen molar-refractivity contribution in [2.24, 2.45) is 11.7 Å². The maximum atomic E-state index is 11.9. The average Bonchev–Trinajstić information content (AvgIpc) is 2.53. The van der Waals surface area contributed by atoms with E-state index in [2.05, 4.69) is 31.2 Å². The fourth-order valence-electron chi connectivity index (χ4n) is 3.94. The zero-order chi connectivity index (χ0) is 15.7. The highest BCUT2D eigenvalue weighted by Crippen LogP contribution is 2.44. The minimum absolute atomic E-state index is 0.0741. The van der Waals surface area contributed by atoms with Crippen molar-refractivity contribution in [3.05, 3.63) is 41.5 Å². The third-order valence-corrected chi connectivity index (χ3v) is 4.92. The molecule has 1 amide bonds. The monoisotopic (exact) mass is 297 g/mol. The van der Waals surface area contributed by atoms with Crippen LogP contribution in [0.2, 0.25) is 0 Å². The van der Waals surface area contributed by atoms with Crippen molar-refractivity contribution < 1.29 is 9.53 Å². The van der Waals surface area contributed by atoms with E-state index in [-0.39, 0.29) is 17.7 Å². The number of methoxy groups -OCH3 is 1. The number of rotatable bonds is 5. The molecule has 2 N–H and O–H groups in total. The van der Waals surface area contributed by atoms with Crippen LogP contribution in [0.1, 0.15) is 43.2 Å². The fourth-order valence-corrected chi connectivity index (χ4v) is 3.94. The molecule has 1 aliphatic carbocycles. The Morgan fingerprint density at radius 2 is 2.18 bits per heavy atom. The first kappa shape index (κ1) is 14.9. The Bertz CT molecular complexity index is 708. The molecule has 2 unspecified atom stereocenters. The van der Waals surface area contributed by atoms with Crippen LogP contribution in [0.3, 0.4) is 0 Å². The first-order valence-electron chi connectivity index (χ1n) is 8.05. The first-order chi connectivity index (χ1) is 10.7. The second kappa shape index (κ2) is 5.99. The molecule has 2 aromatic carbocycles. The zero-order valence-electron chi connectivity index (χ0n) is 13.3. The Labute approximate surface area is 131 Å². The Kier molecular flexibility index (Phi) is 4.06. The molecule has 3 heteroatoms. The van der Waals surface area contributed by atoms with Gasteiger partial charge in [0.05, 0.1) is 7.11 Å². The van der Waals surface area contributed by atoms with E-state index in [0.29, 0.717) is 0 Å². The number of hydrogen-bond acceptors (Lipinski definition) is 2. The first-order valence-corrected chi connectivity index (χ1v) is 8.05. The van der Waals surface area contributed by atoms with Gasteiger partial charge in [0.2, 0.25) is 5.91 Å². The molecule has 3 rings (SSSR count). The average molecular weight is 297 g/mol. The number of amides is 1. The summed E-state index contributed by atoms with van der Waals surface area (Å²) in [5.41, 5.74) is 8.22. The van der Waals surface area contributed by atoms with Gasteiger partial charge in [-0.3, -0.25) is 4.79 Å². The van der Waals surface area contributed by atoms with Crippen LogP contribution in [0.25, 0.3) is 10.8 Å². The normalized spacial score (nSPS) is 18.2. The summed E-state index contributed by atoms with van der Waals surface area (Å²) in [6.45, 7) is 2.11. The van der Waals surface area contributed by atoms with E-state index in [1.165, 1.54) is 21.9 Å². The van der Waals surface area contributed by atoms with E-state index in [1.54, 1.807) is 7.11 Å². The number of aryl methyl sites for hydroxylation is 1. The van der Waals surface area contributed by atoms with Crippen molar-refractivity contribution in [2.75, 3.05) is 7.11 Å². The van der Waals surface area contributed by atoms with Gasteiger partial charge in [0.15, 0.2) is 0 Å². The standard InChI is InChI=1S/C19H23NO2/c1-3-5-15(19(20)21)13-9-10-16-17(22-2)11-8-12-6-4-7-14(13)18(12)16/h4,6-8,11,13,15H,3,5,9-10H2,1-2H3,(H2,20,21). The van der Waals surface area contributed by atoms with Gasteiger partial charge in [-0.25, -0.2) is 0 Å². The number of carbonyl (C=O) groups excluding carboxylic acids is 1. The molecule has 0 bridgehead atoms.